The Labute approximate surface area is 147 Å². The number of carbonyl (C=O) groups is 1. The first-order valence-corrected chi connectivity index (χ1v) is 8.79. The molecule has 2 aromatic carbocycles. The first-order chi connectivity index (χ1) is 11.0. The van der Waals surface area contributed by atoms with Gasteiger partial charge in [-0.1, -0.05) is 0 Å². The molecule has 0 fully saturated rings. The number of benzene rings is 2. The molecule has 0 bridgehead atoms. The van der Waals surface area contributed by atoms with E-state index in [-0.39, 0.29) is 21.8 Å². The molecule has 1 N–H and O–H groups in total. The van der Waals surface area contributed by atoms with Gasteiger partial charge in [0.2, 0.25) is 0 Å². The van der Waals surface area contributed by atoms with E-state index in [1.54, 1.807) is 6.07 Å². The molecule has 120 valence electrons. The van der Waals surface area contributed by atoms with Crippen molar-refractivity contribution in [3.8, 4) is 6.07 Å². The summed E-state index contributed by atoms with van der Waals surface area (Å²) in [7, 11) is 1.41. The minimum atomic E-state index is -0.959. The van der Waals surface area contributed by atoms with Crippen molar-refractivity contribution in [3.63, 3.8) is 0 Å². The predicted molar refractivity (Wildman–Crippen MR) is 80.5 cm³/mol. The Kier molecular flexibility index (Phi) is 5.90. The van der Waals surface area contributed by atoms with Gasteiger partial charge in [-0.05, 0) is 0 Å². The van der Waals surface area contributed by atoms with Crippen molar-refractivity contribution in [1.29, 1.82) is 5.26 Å². The van der Waals surface area contributed by atoms with E-state index in [9.17, 15) is 14.4 Å². The minimum absolute atomic E-state index is 0.0344. The molecule has 0 unspecified atom stereocenters. The molecule has 23 heavy (non-hydrogen) atoms. The molecule has 0 aromatic heterocycles. The molecular formula is C15H10ClFIN3O2-2. The zero-order valence-corrected chi connectivity index (χ0v) is 14.7. The Morgan fingerprint density at radius 1 is 1.39 bits per heavy atom. The Morgan fingerprint density at radius 3 is 2.74 bits per heavy atom. The van der Waals surface area contributed by atoms with Gasteiger partial charge < -0.3 is 0 Å². The number of hydrogen-bond donors (Lipinski definition) is 1. The van der Waals surface area contributed by atoms with Gasteiger partial charge in [-0.25, -0.2) is 0 Å². The molecule has 1 amide bonds. The van der Waals surface area contributed by atoms with Gasteiger partial charge in [-0.3, -0.25) is 0 Å². The van der Waals surface area contributed by atoms with Crippen molar-refractivity contribution in [2.45, 2.75) is 0 Å². The van der Waals surface area contributed by atoms with E-state index >= 15 is 0 Å². The fourth-order valence-electron chi connectivity index (χ4n) is 1.90. The summed E-state index contributed by atoms with van der Waals surface area (Å²) >= 11 is 5.08. The third-order valence-corrected chi connectivity index (χ3v) is 4.89. The average molecular weight is 446 g/mol. The molecule has 5 nitrogen and oxygen atoms in total. The van der Waals surface area contributed by atoms with Gasteiger partial charge in [0, 0.05) is 0 Å². The quantitative estimate of drug-likeness (QED) is 0.405. The van der Waals surface area contributed by atoms with E-state index in [1.165, 1.54) is 31.3 Å². The summed E-state index contributed by atoms with van der Waals surface area (Å²) in [5, 5.41) is 19.5. The first kappa shape index (κ1) is 17.6. The Hall–Kier alpha value is -1.73. The molecule has 2 aromatic rings. The predicted octanol–water partition coefficient (Wildman–Crippen LogP) is -0.112. The van der Waals surface area contributed by atoms with Crippen LogP contribution in [0.15, 0.2) is 36.4 Å². The fraction of sp³-hybridized carbons (Fsp3) is 0.0667. The number of hydrogen-bond acceptors (Lipinski definition) is 4. The van der Waals surface area contributed by atoms with Crippen molar-refractivity contribution in [2.75, 3.05) is 11.9 Å². The number of nitrogens with one attached hydrogen (secondary N) is 1. The molecule has 0 atom stereocenters. The van der Waals surface area contributed by atoms with Gasteiger partial charge in [0.25, 0.3) is 0 Å². The third kappa shape index (κ3) is 3.97. The number of anilines is 1. The molecule has 2 rings (SSSR count). The van der Waals surface area contributed by atoms with Crippen LogP contribution in [-0.2, 0) is 0 Å². The third-order valence-electron chi connectivity index (χ3n) is 3.05. The van der Waals surface area contributed by atoms with Crippen LogP contribution >= 0.6 is 11.6 Å². The summed E-state index contributed by atoms with van der Waals surface area (Å²) in [5.41, 5.74) is 0.385. The van der Waals surface area contributed by atoms with E-state index in [2.05, 4.69) is 0 Å². The van der Waals surface area contributed by atoms with Gasteiger partial charge in [-0.15, -0.1) is 0 Å². The van der Waals surface area contributed by atoms with Gasteiger partial charge in [0.15, 0.2) is 0 Å². The summed E-state index contributed by atoms with van der Waals surface area (Å²) in [6, 6.07) is 10.4. The molecule has 0 radical (unpaired) electrons. The van der Waals surface area contributed by atoms with Crippen molar-refractivity contribution in [3.05, 3.63) is 67.1 Å². The van der Waals surface area contributed by atoms with Gasteiger partial charge in [-0.2, -0.15) is 0 Å². The number of amides is 1. The van der Waals surface area contributed by atoms with E-state index in [0.717, 1.165) is 11.0 Å². The normalized spacial score (nSPS) is 10.4. The number of halogens is 3. The van der Waals surface area contributed by atoms with Crippen molar-refractivity contribution < 1.29 is 30.7 Å². The summed E-state index contributed by atoms with van der Waals surface area (Å²) in [6.07, 6.45) is 0. The summed E-state index contributed by atoms with van der Waals surface area (Å²) < 4.78 is 16.6. The van der Waals surface area contributed by atoms with Crippen LogP contribution in [0.3, 0.4) is 0 Å². The van der Waals surface area contributed by atoms with Crippen molar-refractivity contribution in [1.82, 2.24) is 3.69 Å². The molecule has 0 saturated heterocycles. The number of nitriles is 1. The standard InChI is InChI=1S/C15H10ClFIN3O2/c1-21(14-5-2-9(8-19)6-13(14)17)15(22)11-7-10(18-20-23)3-4-12(11)16/h2-7,20H,1H3/q-2. The fourth-order valence-corrected chi connectivity index (χ4v) is 3.18. The zero-order chi connectivity index (χ0) is 17.0. The van der Waals surface area contributed by atoms with Gasteiger partial charge in [0.05, 0.1) is 0 Å². The van der Waals surface area contributed by atoms with Crippen LogP contribution in [0.2, 0.25) is 5.02 Å². The van der Waals surface area contributed by atoms with Crippen LogP contribution < -0.4 is 30.1 Å². The second-order valence-electron chi connectivity index (χ2n) is 4.44. The monoisotopic (exact) mass is 445 g/mol. The first-order valence-electron chi connectivity index (χ1n) is 6.26. The van der Waals surface area contributed by atoms with Crippen LogP contribution in [0, 0.1) is 25.9 Å². The summed E-state index contributed by atoms with van der Waals surface area (Å²) in [4.78, 5) is 13.7. The van der Waals surface area contributed by atoms with Crippen LogP contribution in [0.5, 0.6) is 0 Å². The van der Waals surface area contributed by atoms with Crippen LogP contribution in [0.4, 0.5) is 10.1 Å². The molecular weight excluding hydrogens is 436 g/mol. The van der Waals surface area contributed by atoms with E-state index in [1.807, 2.05) is 9.76 Å². The van der Waals surface area contributed by atoms with Crippen molar-refractivity contribution in [2.24, 2.45) is 0 Å². The van der Waals surface area contributed by atoms with E-state index in [0.29, 0.717) is 3.57 Å². The topological polar surface area (TPSA) is 79.2 Å². The zero-order valence-electron chi connectivity index (χ0n) is 11.8. The van der Waals surface area contributed by atoms with Crippen LogP contribution in [-0.4, -0.2) is 13.0 Å². The molecule has 0 spiro atoms. The van der Waals surface area contributed by atoms with Crippen LogP contribution in [0.25, 0.3) is 0 Å². The second-order valence-corrected chi connectivity index (χ2v) is 7.07. The molecule has 0 aliphatic rings. The Bertz CT molecular complexity index is 795. The second kappa shape index (κ2) is 7.70. The molecule has 0 saturated carbocycles. The molecule has 0 aliphatic carbocycles. The number of rotatable bonds is 4. The van der Waals surface area contributed by atoms with E-state index in [4.69, 9.17) is 16.9 Å². The Balaban J connectivity index is 2.37. The van der Waals surface area contributed by atoms with Crippen molar-refractivity contribution >= 4 is 23.2 Å². The average Bonchev–Trinajstić information content (AvgIpc) is 2.55. The molecule has 0 aliphatic heterocycles. The van der Waals surface area contributed by atoms with E-state index < -0.39 is 33.2 Å². The maximum absolute atomic E-state index is 14.0. The SMILES string of the molecule is CN(C(=O)c1cc([I-]N[O-])ccc1Cl)c1ccc(C#N)cc1F. The summed E-state index contributed by atoms with van der Waals surface area (Å²) in [5.74, 6) is -1.18. The Morgan fingerprint density at radius 2 is 2.13 bits per heavy atom. The summed E-state index contributed by atoms with van der Waals surface area (Å²) in [6.45, 7) is 0. The number of carbonyl (C=O) groups excluding carboxylic acids is 1. The molecule has 0 heterocycles. The van der Waals surface area contributed by atoms with Gasteiger partial charge >= 0.3 is 148 Å². The number of nitrogens with zero attached hydrogens (tertiary/aromatic N) is 2. The van der Waals surface area contributed by atoms with Gasteiger partial charge in [0.1, 0.15) is 0 Å². The maximum atomic E-state index is 14.0. The van der Waals surface area contributed by atoms with Crippen LogP contribution in [0.1, 0.15) is 15.9 Å². The molecule has 8 heteroatoms.